The Labute approximate surface area is 82.5 Å². The molecule has 1 aliphatic carbocycles. The van der Waals surface area contributed by atoms with Crippen LogP contribution in [0.2, 0.25) is 0 Å². The third-order valence-electron chi connectivity index (χ3n) is 2.26. The maximum absolute atomic E-state index is 13.0. The van der Waals surface area contributed by atoms with E-state index in [-0.39, 0.29) is 4.47 Å². The molecule has 1 N–H and O–H groups in total. The van der Waals surface area contributed by atoms with Crippen LogP contribution in [0.3, 0.4) is 0 Å². The van der Waals surface area contributed by atoms with Crippen molar-refractivity contribution in [1.29, 1.82) is 0 Å². The van der Waals surface area contributed by atoms with Gasteiger partial charge in [0.25, 0.3) is 0 Å². The fourth-order valence-corrected chi connectivity index (χ4v) is 1.96. The molecular formula is C9H7BrF2O. The van der Waals surface area contributed by atoms with Gasteiger partial charge in [0.15, 0.2) is 11.6 Å². The van der Waals surface area contributed by atoms with Crippen LogP contribution in [0.4, 0.5) is 8.78 Å². The topological polar surface area (TPSA) is 20.2 Å². The van der Waals surface area contributed by atoms with Crippen LogP contribution in [0.15, 0.2) is 16.6 Å². The van der Waals surface area contributed by atoms with E-state index in [1.54, 1.807) is 0 Å². The lowest BCUT2D eigenvalue weighted by Gasteiger charge is -2.10. The summed E-state index contributed by atoms with van der Waals surface area (Å²) in [7, 11) is 0. The summed E-state index contributed by atoms with van der Waals surface area (Å²) < 4.78 is 25.7. The van der Waals surface area contributed by atoms with Crippen molar-refractivity contribution in [2.24, 2.45) is 0 Å². The first-order chi connectivity index (χ1) is 6.04. The molecule has 0 aliphatic heterocycles. The van der Waals surface area contributed by atoms with Crippen LogP contribution in [0.5, 0.6) is 0 Å². The van der Waals surface area contributed by atoms with Crippen molar-refractivity contribution in [3.8, 4) is 0 Å². The van der Waals surface area contributed by atoms with E-state index in [4.69, 9.17) is 0 Å². The Morgan fingerprint density at radius 3 is 2.46 bits per heavy atom. The number of aliphatic hydroxyl groups is 1. The van der Waals surface area contributed by atoms with Crippen molar-refractivity contribution >= 4 is 15.9 Å². The van der Waals surface area contributed by atoms with E-state index in [1.165, 1.54) is 6.07 Å². The SMILES string of the molecule is OC1(c2ccc(F)c(F)c2Br)CC1. The molecule has 70 valence electrons. The number of benzene rings is 1. The highest BCUT2D eigenvalue weighted by Crippen LogP contribution is 2.48. The lowest BCUT2D eigenvalue weighted by atomic mass is 10.1. The molecule has 1 nitrogen and oxygen atoms in total. The Hall–Kier alpha value is -0.480. The maximum atomic E-state index is 13.0. The molecule has 13 heavy (non-hydrogen) atoms. The van der Waals surface area contributed by atoms with Crippen LogP contribution in [0.1, 0.15) is 18.4 Å². The molecule has 1 aromatic rings. The second-order valence-corrected chi connectivity index (χ2v) is 4.05. The molecule has 0 radical (unpaired) electrons. The minimum atomic E-state index is -0.937. The van der Waals surface area contributed by atoms with Gasteiger partial charge in [-0.25, -0.2) is 8.78 Å². The molecule has 0 spiro atoms. The molecule has 1 aliphatic rings. The van der Waals surface area contributed by atoms with E-state index < -0.39 is 17.2 Å². The zero-order valence-corrected chi connectivity index (χ0v) is 8.24. The molecule has 1 aromatic carbocycles. The quantitative estimate of drug-likeness (QED) is 0.758. The molecular weight excluding hydrogens is 242 g/mol. The number of rotatable bonds is 1. The average molecular weight is 249 g/mol. The van der Waals surface area contributed by atoms with Crippen molar-refractivity contribution in [2.75, 3.05) is 0 Å². The molecule has 0 bridgehead atoms. The Kier molecular flexibility index (Phi) is 1.92. The summed E-state index contributed by atoms with van der Waals surface area (Å²) in [5.41, 5.74) is -0.501. The highest BCUT2D eigenvalue weighted by molar-refractivity contribution is 9.10. The van der Waals surface area contributed by atoms with Gasteiger partial charge in [0, 0.05) is 5.56 Å². The van der Waals surface area contributed by atoms with Gasteiger partial charge in [0.2, 0.25) is 0 Å². The maximum Gasteiger partial charge on any atom is 0.173 e. The molecule has 0 heterocycles. The zero-order valence-electron chi connectivity index (χ0n) is 6.65. The molecule has 4 heteroatoms. The van der Waals surface area contributed by atoms with E-state index in [0.29, 0.717) is 18.4 Å². The summed E-state index contributed by atoms with van der Waals surface area (Å²) in [6.45, 7) is 0. The van der Waals surface area contributed by atoms with Gasteiger partial charge in [-0.05, 0) is 34.8 Å². The molecule has 1 fully saturated rings. The summed E-state index contributed by atoms with van der Waals surface area (Å²) in [6, 6.07) is 2.45. The summed E-state index contributed by atoms with van der Waals surface area (Å²) >= 11 is 2.93. The summed E-state index contributed by atoms with van der Waals surface area (Å²) in [5, 5.41) is 9.68. The predicted molar refractivity (Wildman–Crippen MR) is 47.2 cm³/mol. The minimum absolute atomic E-state index is 0.0347. The van der Waals surface area contributed by atoms with E-state index in [1.807, 2.05) is 0 Å². The lowest BCUT2D eigenvalue weighted by Crippen LogP contribution is -2.07. The average Bonchev–Trinajstić information content (AvgIpc) is 2.80. The summed E-state index contributed by atoms with van der Waals surface area (Å²) in [5.74, 6) is -1.84. The molecule has 0 unspecified atom stereocenters. The standard InChI is InChI=1S/C9H7BrF2O/c10-7-5(9(13)3-4-9)1-2-6(11)8(7)12/h1-2,13H,3-4H2. The highest BCUT2D eigenvalue weighted by Gasteiger charge is 2.44. The monoisotopic (exact) mass is 248 g/mol. The summed E-state index contributed by atoms with van der Waals surface area (Å²) in [6.07, 6.45) is 1.22. The van der Waals surface area contributed by atoms with E-state index in [0.717, 1.165) is 6.07 Å². The molecule has 0 aromatic heterocycles. The smallest absolute Gasteiger partial charge is 0.173 e. The Morgan fingerprint density at radius 1 is 1.31 bits per heavy atom. The van der Waals surface area contributed by atoms with E-state index in [9.17, 15) is 13.9 Å². The summed E-state index contributed by atoms with van der Waals surface area (Å²) in [4.78, 5) is 0. The van der Waals surface area contributed by atoms with Gasteiger partial charge >= 0.3 is 0 Å². The van der Waals surface area contributed by atoms with Crippen LogP contribution in [-0.4, -0.2) is 5.11 Å². The third kappa shape index (κ3) is 1.38. The Balaban J connectivity index is 2.54. The highest BCUT2D eigenvalue weighted by atomic mass is 79.9. The normalized spacial score (nSPS) is 18.8. The second kappa shape index (κ2) is 2.75. The molecule has 0 amide bonds. The first kappa shape index (κ1) is 9.09. The Bertz CT molecular complexity index is 361. The number of hydrogen-bond donors (Lipinski definition) is 1. The fourth-order valence-electron chi connectivity index (χ4n) is 1.27. The first-order valence-electron chi connectivity index (χ1n) is 3.91. The van der Waals surface area contributed by atoms with E-state index in [2.05, 4.69) is 15.9 Å². The van der Waals surface area contributed by atoms with Gasteiger partial charge < -0.3 is 5.11 Å². The van der Waals surface area contributed by atoms with Gasteiger partial charge in [-0.2, -0.15) is 0 Å². The molecule has 2 rings (SSSR count). The lowest BCUT2D eigenvalue weighted by molar-refractivity contribution is 0.150. The van der Waals surface area contributed by atoms with Crippen molar-refractivity contribution in [1.82, 2.24) is 0 Å². The van der Waals surface area contributed by atoms with Gasteiger partial charge in [0.05, 0.1) is 10.1 Å². The third-order valence-corrected chi connectivity index (χ3v) is 3.04. The fraction of sp³-hybridized carbons (Fsp3) is 0.333. The van der Waals surface area contributed by atoms with Crippen LogP contribution in [-0.2, 0) is 5.60 Å². The zero-order chi connectivity index (χ0) is 9.64. The van der Waals surface area contributed by atoms with Crippen LogP contribution in [0, 0.1) is 11.6 Å². The largest absolute Gasteiger partial charge is 0.385 e. The Morgan fingerprint density at radius 2 is 1.92 bits per heavy atom. The van der Waals surface area contributed by atoms with Gasteiger partial charge in [0.1, 0.15) is 0 Å². The molecule has 1 saturated carbocycles. The van der Waals surface area contributed by atoms with Crippen molar-refractivity contribution in [3.05, 3.63) is 33.8 Å². The molecule has 0 saturated heterocycles. The first-order valence-corrected chi connectivity index (χ1v) is 4.70. The van der Waals surface area contributed by atoms with Gasteiger partial charge in [-0.1, -0.05) is 6.07 Å². The van der Waals surface area contributed by atoms with Crippen molar-refractivity contribution in [3.63, 3.8) is 0 Å². The second-order valence-electron chi connectivity index (χ2n) is 3.25. The predicted octanol–water partition coefficient (Wildman–Crippen LogP) is 2.71. The van der Waals surface area contributed by atoms with Gasteiger partial charge in [-0.15, -0.1) is 0 Å². The van der Waals surface area contributed by atoms with Crippen LogP contribution in [0.25, 0.3) is 0 Å². The van der Waals surface area contributed by atoms with Crippen LogP contribution >= 0.6 is 15.9 Å². The molecule has 0 atom stereocenters. The number of hydrogen-bond acceptors (Lipinski definition) is 1. The van der Waals surface area contributed by atoms with Crippen molar-refractivity contribution < 1.29 is 13.9 Å². The van der Waals surface area contributed by atoms with Crippen LogP contribution < -0.4 is 0 Å². The number of halogens is 3. The minimum Gasteiger partial charge on any atom is -0.385 e. The van der Waals surface area contributed by atoms with Crippen molar-refractivity contribution in [2.45, 2.75) is 18.4 Å². The van der Waals surface area contributed by atoms with E-state index >= 15 is 0 Å². The van der Waals surface area contributed by atoms with Gasteiger partial charge in [-0.3, -0.25) is 0 Å².